The van der Waals surface area contributed by atoms with Crippen molar-refractivity contribution < 1.29 is 0 Å². The summed E-state index contributed by atoms with van der Waals surface area (Å²) in [7, 11) is 0. The zero-order chi connectivity index (χ0) is 10.0. The molecule has 72 valence electrons. The zero-order valence-electron chi connectivity index (χ0n) is 7.97. The first-order valence-electron chi connectivity index (χ1n) is 4.27. The molecule has 1 N–H and O–H groups in total. The van der Waals surface area contributed by atoms with Crippen molar-refractivity contribution in [2.75, 3.05) is 0 Å². The van der Waals surface area contributed by atoms with E-state index < -0.39 is 0 Å². The Hall–Kier alpha value is -0.640. The number of rotatable bonds is 2. The minimum Gasteiger partial charge on any atom is -0.309 e. The second-order valence-corrected chi connectivity index (χ2v) is 4.33. The molecule has 0 fully saturated rings. The molecule has 0 spiro atoms. The molecule has 1 atom stereocenters. The summed E-state index contributed by atoms with van der Waals surface area (Å²) in [6.07, 6.45) is 1.55. The average Bonchev–Trinajstić information content (AvgIpc) is 2.08. The number of hydrogen-bond acceptors (Lipinski definition) is 2. The monoisotopic (exact) mass is 244 g/mol. The van der Waals surface area contributed by atoms with Crippen molar-refractivity contribution in [3.63, 3.8) is 0 Å². The summed E-state index contributed by atoms with van der Waals surface area (Å²) in [6.45, 7) is 6.26. The molecule has 1 aromatic rings. The van der Waals surface area contributed by atoms with Gasteiger partial charge in [0.25, 0.3) is 5.56 Å². The number of nitrogens with one attached hydrogen (secondary N) is 1. The molecule has 0 aliphatic carbocycles. The molecule has 1 heterocycles. The second kappa shape index (κ2) is 4.05. The molecule has 0 amide bonds. The van der Waals surface area contributed by atoms with Gasteiger partial charge in [-0.3, -0.25) is 4.79 Å². The van der Waals surface area contributed by atoms with Gasteiger partial charge in [-0.05, 0) is 21.8 Å². The summed E-state index contributed by atoms with van der Waals surface area (Å²) in [4.78, 5) is 18.1. The van der Waals surface area contributed by atoms with E-state index in [4.69, 9.17) is 0 Å². The lowest BCUT2D eigenvalue weighted by Gasteiger charge is -2.13. The lowest BCUT2D eigenvalue weighted by molar-refractivity contribution is 0.508. The van der Waals surface area contributed by atoms with E-state index in [1.165, 1.54) is 0 Å². The van der Waals surface area contributed by atoms with Crippen molar-refractivity contribution in [1.29, 1.82) is 0 Å². The third kappa shape index (κ3) is 2.40. The van der Waals surface area contributed by atoms with Crippen LogP contribution in [0.25, 0.3) is 0 Å². The Bertz CT molecular complexity index is 346. The van der Waals surface area contributed by atoms with Crippen molar-refractivity contribution >= 4 is 15.9 Å². The Morgan fingerprint density at radius 3 is 2.54 bits per heavy atom. The highest BCUT2D eigenvalue weighted by Crippen LogP contribution is 2.19. The van der Waals surface area contributed by atoms with E-state index in [0.717, 1.165) is 5.82 Å². The van der Waals surface area contributed by atoms with Gasteiger partial charge in [0.1, 0.15) is 10.3 Å². The molecular formula is C9H13BrN2O. The fourth-order valence-corrected chi connectivity index (χ4v) is 1.14. The van der Waals surface area contributed by atoms with Crippen molar-refractivity contribution in [3.8, 4) is 0 Å². The Kier molecular flexibility index (Phi) is 3.25. The number of halogens is 1. The first kappa shape index (κ1) is 10.4. The SMILES string of the molecule is CC(C)C(C)c1ncc(Br)c(=O)[nH]1. The maximum absolute atomic E-state index is 11.2. The summed E-state index contributed by atoms with van der Waals surface area (Å²) in [6, 6.07) is 0. The summed E-state index contributed by atoms with van der Waals surface area (Å²) in [5.74, 6) is 1.51. The Morgan fingerprint density at radius 1 is 1.46 bits per heavy atom. The van der Waals surface area contributed by atoms with Crippen LogP contribution in [-0.4, -0.2) is 9.97 Å². The van der Waals surface area contributed by atoms with E-state index in [9.17, 15) is 4.79 Å². The molecule has 0 aliphatic rings. The van der Waals surface area contributed by atoms with E-state index in [-0.39, 0.29) is 11.5 Å². The number of aromatic amines is 1. The second-order valence-electron chi connectivity index (χ2n) is 3.48. The van der Waals surface area contributed by atoms with Crippen LogP contribution in [0, 0.1) is 5.92 Å². The van der Waals surface area contributed by atoms with E-state index in [1.807, 2.05) is 0 Å². The lowest BCUT2D eigenvalue weighted by Crippen LogP contribution is -2.15. The van der Waals surface area contributed by atoms with Gasteiger partial charge in [-0.25, -0.2) is 4.98 Å². The van der Waals surface area contributed by atoms with Crippen molar-refractivity contribution in [1.82, 2.24) is 9.97 Å². The van der Waals surface area contributed by atoms with Gasteiger partial charge in [0, 0.05) is 12.1 Å². The van der Waals surface area contributed by atoms with Crippen LogP contribution in [0.15, 0.2) is 15.5 Å². The highest BCUT2D eigenvalue weighted by molar-refractivity contribution is 9.10. The first-order valence-corrected chi connectivity index (χ1v) is 5.06. The predicted octanol–water partition coefficient (Wildman–Crippen LogP) is 2.29. The molecule has 13 heavy (non-hydrogen) atoms. The predicted molar refractivity (Wildman–Crippen MR) is 55.8 cm³/mol. The van der Waals surface area contributed by atoms with Crippen molar-refractivity contribution in [3.05, 3.63) is 26.8 Å². The fraction of sp³-hybridized carbons (Fsp3) is 0.556. The molecule has 0 saturated carbocycles. The summed E-state index contributed by atoms with van der Waals surface area (Å²) in [5.41, 5.74) is -0.113. The lowest BCUT2D eigenvalue weighted by atomic mass is 9.97. The first-order chi connectivity index (χ1) is 6.02. The molecule has 1 unspecified atom stereocenters. The Labute approximate surface area is 85.7 Å². The van der Waals surface area contributed by atoms with Crippen molar-refractivity contribution in [2.45, 2.75) is 26.7 Å². The van der Waals surface area contributed by atoms with Crippen molar-refractivity contribution in [2.24, 2.45) is 5.92 Å². The van der Waals surface area contributed by atoms with E-state index in [2.05, 4.69) is 46.7 Å². The van der Waals surface area contributed by atoms with Crippen LogP contribution < -0.4 is 5.56 Å². The van der Waals surface area contributed by atoms with Crippen LogP contribution in [0.5, 0.6) is 0 Å². The van der Waals surface area contributed by atoms with Gasteiger partial charge in [-0.2, -0.15) is 0 Å². The summed E-state index contributed by atoms with van der Waals surface area (Å²) in [5, 5.41) is 0. The topological polar surface area (TPSA) is 45.8 Å². The van der Waals surface area contributed by atoms with Gasteiger partial charge in [0.2, 0.25) is 0 Å². The molecule has 0 aliphatic heterocycles. The molecule has 0 aromatic carbocycles. The fourth-order valence-electron chi connectivity index (χ4n) is 0.940. The minimum absolute atomic E-state index is 0.113. The van der Waals surface area contributed by atoms with Crippen LogP contribution in [0.2, 0.25) is 0 Å². The quantitative estimate of drug-likeness (QED) is 0.868. The van der Waals surface area contributed by atoms with E-state index in [0.29, 0.717) is 10.4 Å². The summed E-state index contributed by atoms with van der Waals surface area (Å²) >= 11 is 3.11. The molecule has 1 rings (SSSR count). The molecule has 4 heteroatoms. The van der Waals surface area contributed by atoms with E-state index >= 15 is 0 Å². The van der Waals surface area contributed by atoms with Crippen LogP contribution in [-0.2, 0) is 0 Å². The van der Waals surface area contributed by atoms with Gasteiger partial charge < -0.3 is 4.98 Å². The molecule has 0 saturated heterocycles. The van der Waals surface area contributed by atoms with Gasteiger partial charge >= 0.3 is 0 Å². The molecular weight excluding hydrogens is 232 g/mol. The van der Waals surface area contributed by atoms with Crippen LogP contribution in [0.3, 0.4) is 0 Å². The molecule has 3 nitrogen and oxygen atoms in total. The number of aromatic nitrogens is 2. The minimum atomic E-state index is -0.113. The third-order valence-corrected chi connectivity index (χ3v) is 2.77. The highest BCUT2D eigenvalue weighted by Gasteiger charge is 2.12. The van der Waals surface area contributed by atoms with Gasteiger partial charge in [0.15, 0.2) is 0 Å². The third-order valence-electron chi connectivity index (χ3n) is 2.21. The maximum atomic E-state index is 11.2. The maximum Gasteiger partial charge on any atom is 0.265 e. The Morgan fingerprint density at radius 2 is 2.08 bits per heavy atom. The van der Waals surface area contributed by atoms with Gasteiger partial charge in [-0.15, -0.1) is 0 Å². The van der Waals surface area contributed by atoms with E-state index in [1.54, 1.807) is 6.20 Å². The van der Waals surface area contributed by atoms with Gasteiger partial charge in [0.05, 0.1) is 0 Å². The van der Waals surface area contributed by atoms with Crippen LogP contribution >= 0.6 is 15.9 Å². The summed E-state index contributed by atoms with van der Waals surface area (Å²) < 4.78 is 0.479. The smallest absolute Gasteiger partial charge is 0.265 e. The van der Waals surface area contributed by atoms with Crippen LogP contribution in [0.4, 0.5) is 0 Å². The largest absolute Gasteiger partial charge is 0.309 e. The number of H-pyrrole nitrogens is 1. The Balaban J connectivity index is 3.04. The molecule has 0 radical (unpaired) electrons. The van der Waals surface area contributed by atoms with Crippen LogP contribution in [0.1, 0.15) is 32.5 Å². The zero-order valence-corrected chi connectivity index (χ0v) is 9.55. The molecule has 0 bridgehead atoms. The number of nitrogens with zero attached hydrogens (tertiary/aromatic N) is 1. The number of hydrogen-bond donors (Lipinski definition) is 1. The standard InChI is InChI=1S/C9H13BrN2O/c1-5(2)6(3)8-11-4-7(10)9(13)12-8/h4-6H,1-3H3,(H,11,12,13). The molecule has 1 aromatic heterocycles. The highest BCUT2D eigenvalue weighted by atomic mass is 79.9. The van der Waals surface area contributed by atoms with Gasteiger partial charge in [-0.1, -0.05) is 20.8 Å². The normalized spacial score (nSPS) is 13.3. The average molecular weight is 245 g/mol.